The maximum atomic E-state index is 11.9. The molecule has 15 heavy (non-hydrogen) atoms. The fourth-order valence-corrected chi connectivity index (χ4v) is 2.08. The van der Waals surface area contributed by atoms with Gasteiger partial charge in [-0.15, -0.1) is 0 Å². The number of carbonyl (C=O) groups is 1. The highest BCUT2D eigenvalue weighted by molar-refractivity contribution is 5.85. The van der Waals surface area contributed by atoms with Gasteiger partial charge in [-0.25, -0.2) is 0 Å². The van der Waals surface area contributed by atoms with E-state index in [0.717, 1.165) is 6.42 Å². The Labute approximate surface area is 95.6 Å². The van der Waals surface area contributed by atoms with E-state index in [-0.39, 0.29) is 11.3 Å². The fourth-order valence-electron chi connectivity index (χ4n) is 2.08. The summed E-state index contributed by atoms with van der Waals surface area (Å²) in [5, 5.41) is 0. The van der Waals surface area contributed by atoms with Crippen LogP contribution >= 0.6 is 0 Å². The van der Waals surface area contributed by atoms with Crippen LogP contribution in [0.3, 0.4) is 0 Å². The van der Waals surface area contributed by atoms with Crippen molar-refractivity contribution in [2.45, 2.75) is 73.1 Å². The largest absolute Gasteiger partial charge is 0.299 e. The highest BCUT2D eigenvalue weighted by Crippen LogP contribution is 2.28. The Morgan fingerprint density at radius 1 is 1.07 bits per heavy atom. The van der Waals surface area contributed by atoms with E-state index in [0.29, 0.717) is 5.78 Å². The Morgan fingerprint density at radius 3 is 2.07 bits per heavy atom. The Balaban J connectivity index is 3.79. The number of ketones is 1. The lowest BCUT2D eigenvalue weighted by molar-refractivity contribution is -0.130. The number of Topliss-reactive ketones (excluding diaryl/α,β-unsaturated/α-hetero) is 1. The van der Waals surface area contributed by atoms with E-state index in [2.05, 4.69) is 20.8 Å². The summed E-state index contributed by atoms with van der Waals surface area (Å²) in [6.45, 7) is 10.4. The van der Waals surface area contributed by atoms with Crippen LogP contribution in [0.15, 0.2) is 0 Å². The van der Waals surface area contributed by atoms with E-state index in [4.69, 9.17) is 0 Å². The maximum Gasteiger partial charge on any atom is 0.140 e. The quantitative estimate of drug-likeness (QED) is 0.537. The molecule has 0 aromatic heterocycles. The smallest absolute Gasteiger partial charge is 0.140 e. The highest BCUT2D eigenvalue weighted by atomic mass is 16.1. The first kappa shape index (κ1) is 14.7. The lowest BCUT2D eigenvalue weighted by Crippen LogP contribution is -2.28. The van der Waals surface area contributed by atoms with Gasteiger partial charge in [-0.05, 0) is 6.42 Å². The summed E-state index contributed by atoms with van der Waals surface area (Å²) in [7, 11) is 0. The zero-order chi connectivity index (χ0) is 11.9. The van der Waals surface area contributed by atoms with Crippen molar-refractivity contribution >= 4 is 5.78 Å². The molecule has 0 spiro atoms. The monoisotopic (exact) mass is 212 g/mol. The number of hydrogen-bond donors (Lipinski definition) is 0. The standard InChI is InChI=1S/C14H28O/c1-6-7-8-9-10-11-14(4,5)13(15)12(2)3/h12H,6-11H2,1-5H3. The van der Waals surface area contributed by atoms with Crippen molar-refractivity contribution in [3.8, 4) is 0 Å². The molecule has 0 aliphatic heterocycles. The van der Waals surface area contributed by atoms with Gasteiger partial charge < -0.3 is 0 Å². The van der Waals surface area contributed by atoms with Gasteiger partial charge in [-0.2, -0.15) is 0 Å². The third kappa shape index (κ3) is 5.96. The molecule has 0 saturated heterocycles. The average molecular weight is 212 g/mol. The Morgan fingerprint density at radius 2 is 1.60 bits per heavy atom. The van der Waals surface area contributed by atoms with Crippen molar-refractivity contribution in [2.24, 2.45) is 11.3 Å². The van der Waals surface area contributed by atoms with Crippen LogP contribution in [0.25, 0.3) is 0 Å². The number of unbranched alkanes of at least 4 members (excludes halogenated alkanes) is 4. The third-order valence-electron chi connectivity index (χ3n) is 3.10. The van der Waals surface area contributed by atoms with Gasteiger partial charge in [-0.1, -0.05) is 66.7 Å². The normalized spacial score (nSPS) is 12.1. The minimum Gasteiger partial charge on any atom is -0.299 e. The third-order valence-corrected chi connectivity index (χ3v) is 3.10. The zero-order valence-corrected chi connectivity index (χ0v) is 11.2. The van der Waals surface area contributed by atoms with E-state index in [9.17, 15) is 4.79 Å². The minimum absolute atomic E-state index is 0.111. The minimum atomic E-state index is -0.111. The van der Waals surface area contributed by atoms with Gasteiger partial charge in [0.05, 0.1) is 0 Å². The van der Waals surface area contributed by atoms with E-state index in [1.165, 1.54) is 32.1 Å². The fraction of sp³-hybridized carbons (Fsp3) is 0.929. The molecule has 0 aliphatic carbocycles. The predicted octanol–water partition coefficient (Wildman–Crippen LogP) is 4.60. The Kier molecular flexibility index (Phi) is 6.87. The maximum absolute atomic E-state index is 11.9. The van der Waals surface area contributed by atoms with E-state index < -0.39 is 0 Å². The number of carbonyl (C=O) groups excluding carboxylic acids is 1. The van der Waals surface area contributed by atoms with Crippen molar-refractivity contribution in [3.63, 3.8) is 0 Å². The summed E-state index contributed by atoms with van der Waals surface area (Å²) >= 11 is 0. The van der Waals surface area contributed by atoms with Crippen molar-refractivity contribution in [1.82, 2.24) is 0 Å². The van der Waals surface area contributed by atoms with Crippen molar-refractivity contribution in [1.29, 1.82) is 0 Å². The molecule has 0 heterocycles. The second-order valence-corrected chi connectivity index (χ2v) is 5.57. The SMILES string of the molecule is CCCCCCCC(C)(C)C(=O)C(C)C. The first-order valence-electron chi connectivity index (χ1n) is 6.46. The summed E-state index contributed by atoms with van der Waals surface area (Å²) in [6, 6.07) is 0. The Bertz CT molecular complexity index is 180. The van der Waals surface area contributed by atoms with Crippen LogP contribution in [-0.4, -0.2) is 5.78 Å². The molecule has 1 nitrogen and oxygen atoms in total. The second kappa shape index (κ2) is 7.03. The molecule has 0 bridgehead atoms. The highest BCUT2D eigenvalue weighted by Gasteiger charge is 2.28. The molecule has 0 aromatic carbocycles. The van der Waals surface area contributed by atoms with Crippen LogP contribution in [-0.2, 0) is 4.79 Å². The van der Waals surface area contributed by atoms with Crippen LogP contribution in [0.1, 0.15) is 73.1 Å². The first-order chi connectivity index (χ1) is 6.91. The molecule has 0 aliphatic rings. The first-order valence-corrected chi connectivity index (χ1v) is 6.46. The van der Waals surface area contributed by atoms with E-state index in [1.807, 2.05) is 13.8 Å². The number of rotatable bonds is 8. The number of hydrogen-bond acceptors (Lipinski definition) is 1. The van der Waals surface area contributed by atoms with Gasteiger partial charge in [0.1, 0.15) is 5.78 Å². The van der Waals surface area contributed by atoms with Crippen LogP contribution in [0.4, 0.5) is 0 Å². The van der Waals surface area contributed by atoms with Gasteiger partial charge >= 0.3 is 0 Å². The van der Waals surface area contributed by atoms with Crippen molar-refractivity contribution in [3.05, 3.63) is 0 Å². The topological polar surface area (TPSA) is 17.1 Å². The molecule has 0 saturated carbocycles. The van der Waals surface area contributed by atoms with Crippen LogP contribution in [0.5, 0.6) is 0 Å². The van der Waals surface area contributed by atoms with Crippen molar-refractivity contribution < 1.29 is 4.79 Å². The predicted molar refractivity (Wildman–Crippen MR) is 67.0 cm³/mol. The zero-order valence-electron chi connectivity index (χ0n) is 11.2. The average Bonchev–Trinajstić information content (AvgIpc) is 2.16. The van der Waals surface area contributed by atoms with Gasteiger partial charge in [0, 0.05) is 11.3 Å². The van der Waals surface area contributed by atoms with E-state index in [1.54, 1.807) is 0 Å². The van der Waals surface area contributed by atoms with Crippen LogP contribution in [0.2, 0.25) is 0 Å². The molecular formula is C14H28O. The summed E-state index contributed by atoms with van der Waals surface area (Å²) in [4.78, 5) is 11.9. The van der Waals surface area contributed by atoms with Crippen molar-refractivity contribution in [2.75, 3.05) is 0 Å². The van der Waals surface area contributed by atoms with Crippen LogP contribution in [0, 0.1) is 11.3 Å². The molecule has 0 atom stereocenters. The Hall–Kier alpha value is -0.330. The molecule has 0 fully saturated rings. The lowest BCUT2D eigenvalue weighted by Gasteiger charge is -2.25. The summed E-state index contributed by atoms with van der Waals surface area (Å²) in [5.74, 6) is 0.591. The molecule has 1 heteroatoms. The van der Waals surface area contributed by atoms with Gasteiger partial charge in [0.2, 0.25) is 0 Å². The van der Waals surface area contributed by atoms with Gasteiger partial charge in [0.15, 0.2) is 0 Å². The lowest BCUT2D eigenvalue weighted by atomic mass is 9.78. The summed E-state index contributed by atoms with van der Waals surface area (Å²) < 4.78 is 0. The molecule has 0 unspecified atom stereocenters. The molecule has 0 rings (SSSR count). The van der Waals surface area contributed by atoms with Gasteiger partial charge in [0.25, 0.3) is 0 Å². The molecule has 90 valence electrons. The summed E-state index contributed by atoms with van der Waals surface area (Å²) in [6.07, 6.45) is 7.47. The molecule has 0 aromatic rings. The molecular weight excluding hydrogens is 184 g/mol. The van der Waals surface area contributed by atoms with Crippen LogP contribution < -0.4 is 0 Å². The summed E-state index contributed by atoms with van der Waals surface area (Å²) in [5.41, 5.74) is -0.111. The van der Waals surface area contributed by atoms with Gasteiger partial charge in [-0.3, -0.25) is 4.79 Å². The van der Waals surface area contributed by atoms with E-state index >= 15 is 0 Å². The molecule has 0 N–H and O–H groups in total. The second-order valence-electron chi connectivity index (χ2n) is 5.57. The molecule has 0 amide bonds. The molecule has 0 radical (unpaired) electrons.